The van der Waals surface area contributed by atoms with Crippen LogP contribution in [0.4, 0.5) is 4.79 Å². The van der Waals surface area contributed by atoms with Crippen LogP contribution in [-0.4, -0.2) is 24.3 Å². The highest BCUT2D eigenvalue weighted by atomic mass is 16.5. The number of imide groups is 1. The molecule has 6 heteroatoms. The Labute approximate surface area is 120 Å². The van der Waals surface area contributed by atoms with Crippen molar-refractivity contribution in [2.45, 2.75) is 13.0 Å². The number of benzene rings is 2. The predicted octanol–water partition coefficient (Wildman–Crippen LogP) is 1.61. The Bertz CT molecular complexity index is 712. The number of hydrogen-bond acceptors (Lipinski definition) is 4. The third-order valence-corrected chi connectivity index (χ3v) is 2.97. The largest absolute Gasteiger partial charge is 0.480 e. The number of nitrogens with one attached hydrogen (secondary N) is 1. The van der Waals surface area contributed by atoms with E-state index in [1.165, 1.54) is 6.92 Å². The minimum absolute atomic E-state index is 0.274. The normalized spacial score (nSPS) is 11.7. The van der Waals surface area contributed by atoms with Crippen LogP contribution in [0.1, 0.15) is 17.3 Å². The molecule has 0 aromatic heterocycles. The fourth-order valence-electron chi connectivity index (χ4n) is 1.97. The molecule has 0 saturated heterocycles. The Morgan fingerprint density at radius 3 is 2.62 bits per heavy atom. The molecule has 2 aromatic carbocycles. The molecule has 6 nitrogen and oxygen atoms in total. The molecule has 2 rings (SSSR count). The van der Waals surface area contributed by atoms with E-state index in [1.807, 2.05) is 23.5 Å². The second-order valence-corrected chi connectivity index (χ2v) is 4.43. The average Bonchev–Trinajstić information content (AvgIpc) is 2.46. The zero-order valence-electron chi connectivity index (χ0n) is 11.3. The van der Waals surface area contributed by atoms with Gasteiger partial charge < -0.3 is 10.5 Å². The lowest BCUT2D eigenvalue weighted by atomic mass is 10.0. The first kappa shape index (κ1) is 14.5. The summed E-state index contributed by atoms with van der Waals surface area (Å²) >= 11 is 0. The lowest BCUT2D eigenvalue weighted by Crippen LogP contribution is -2.42. The average molecular weight is 286 g/mol. The minimum Gasteiger partial charge on any atom is -0.480 e. The highest BCUT2D eigenvalue weighted by Crippen LogP contribution is 2.27. The van der Waals surface area contributed by atoms with Crippen molar-refractivity contribution in [1.29, 1.82) is 0 Å². The molecule has 0 unspecified atom stereocenters. The fourth-order valence-corrected chi connectivity index (χ4v) is 1.97. The van der Waals surface area contributed by atoms with Crippen molar-refractivity contribution < 1.29 is 19.1 Å². The van der Waals surface area contributed by atoms with Gasteiger partial charge in [0.2, 0.25) is 0 Å². The van der Waals surface area contributed by atoms with Crippen molar-refractivity contribution in [2.75, 3.05) is 0 Å². The summed E-state index contributed by atoms with van der Waals surface area (Å²) in [6.07, 6.45) is -0.284. The van der Waals surface area contributed by atoms with Crippen LogP contribution < -0.4 is 15.8 Å². The first-order valence-electron chi connectivity index (χ1n) is 6.27. The maximum Gasteiger partial charge on any atom is 0.318 e. The van der Waals surface area contributed by atoms with Gasteiger partial charge in [-0.05, 0) is 23.8 Å². The van der Waals surface area contributed by atoms with Crippen LogP contribution in [0.15, 0.2) is 36.4 Å². The number of urea groups is 1. The zero-order valence-corrected chi connectivity index (χ0v) is 11.3. The molecular weight excluding hydrogens is 272 g/mol. The molecule has 3 amide bonds. The first-order valence-corrected chi connectivity index (χ1v) is 6.27. The van der Waals surface area contributed by atoms with Gasteiger partial charge >= 0.3 is 6.03 Å². The van der Waals surface area contributed by atoms with Gasteiger partial charge in [-0.15, -0.1) is 0 Å². The van der Waals surface area contributed by atoms with E-state index in [4.69, 9.17) is 10.5 Å². The van der Waals surface area contributed by atoms with E-state index >= 15 is 0 Å². The molecular formula is C15H14N2O4. The number of hydrogen-bond donors (Lipinski definition) is 2. The summed E-state index contributed by atoms with van der Waals surface area (Å²) in [5, 5.41) is 3.54. The Morgan fingerprint density at radius 1 is 1.24 bits per heavy atom. The van der Waals surface area contributed by atoms with Crippen LogP contribution in [0, 0.1) is 0 Å². The van der Waals surface area contributed by atoms with E-state index in [1.54, 1.807) is 18.2 Å². The summed E-state index contributed by atoms with van der Waals surface area (Å²) in [7, 11) is 0. The van der Waals surface area contributed by atoms with E-state index in [-0.39, 0.29) is 5.75 Å². The molecule has 0 spiro atoms. The quantitative estimate of drug-likeness (QED) is 0.834. The second-order valence-electron chi connectivity index (χ2n) is 4.43. The number of aldehydes is 1. The Balaban J connectivity index is 2.32. The summed E-state index contributed by atoms with van der Waals surface area (Å²) < 4.78 is 5.46. The van der Waals surface area contributed by atoms with Gasteiger partial charge in [0.25, 0.3) is 5.91 Å². The zero-order chi connectivity index (χ0) is 15.4. The minimum atomic E-state index is -0.961. The topological polar surface area (TPSA) is 98.5 Å². The molecule has 0 saturated carbocycles. The van der Waals surface area contributed by atoms with Crippen molar-refractivity contribution in [1.82, 2.24) is 5.32 Å². The van der Waals surface area contributed by atoms with Gasteiger partial charge in [0, 0.05) is 0 Å². The monoisotopic (exact) mass is 286 g/mol. The highest BCUT2D eigenvalue weighted by molar-refractivity contribution is 6.01. The van der Waals surface area contributed by atoms with Crippen LogP contribution in [0.25, 0.3) is 10.8 Å². The van der Waals surface area contributed by atoms with Crippen LogP contribution in [-0.2, 0) is 4.79 Å². The number of carbonyl (C=O) groups is 3. The molecule has 0 heterocycles. The molecule has 1 atom stereocenters. The van der Waals surface area contributed by atoms with E-state index < -0.39 is 18.0 Å². The summed E-state index contributed by atoms with van der Waals surface area (Å²) in [5.74, 6) is -0.400. The Morgan fingerprint density at radius 2 is 1.95 bits per heavy atom. The van der Waals surface area contributed by atoms with Crippen molar-refractivity contribution >= 4 is 29.0 Å². The Kier molecular flexibility index (Phi) is 4.18. The molecule has 2 aromatic rings. The van der Waals surface area contributed by atoms with E-state index in [0.717, 1.165) is 10.8 Å². The van der Waals surface area contributed by atoms with Crippen LogP contribution >= 0.6 is 0 Å². The molecule has 108 valence electrons. The molecule has 0 aliphatic rings. The van der Waals surface area contributed by atoms with E-state index in [0.29, 0.717) is 11.8 Å². The predicted molar refractivity (Wildman–Crippen MR) is 77.2 cm³/mol. The van der Waals surface area contributed by atoms with Crippen LogP contribution in [0.2, 0.25) is 0 Å². The van der Waals surface area contributed by atoms with Gasteiger partial charge in [-0.25, -0.2) is 4.79 Å². The van der Waals surface area contributed by atoms with Crippen molar-refractivity contribution in [3.8, 4) is 5.75 Å². The third kappa shape index (κ3) is 3.17. The van der Waals surface area contributed by atoms with Gasteiger partial charge in [0.1, 0.15) is 5.75 Å². The molecule has 0 bridgehead atoms. The van der Waals surface area contributed by atoms with Crippen molar-refractivity contribution in [3.63, 3.8) is 0 Å². The Hall–Kier alpha value is -2.89. The van der Waals surface area contributed by atoms with E-state index in [2.05, 4.69) is 0 Å². The highest BCUT2D eigenvalue weighted by Gasteiger charge is 2.18. The van der Waals surface area contributed by atoms with Gasteiger partial charge in [-0.3, -0.25) is 14.9 Å². The maximum absolute atomic E-state index is 11.6. The van der Waals surface area contributed by atoms with Gasteiger partial charge in [-0.2, -0.15) is 0 Å². The number of rotatable bonds is 4. The van der Waals surface area contributed by atoms with Crippen LogP contribution in [0.5, 0.6) is 5.75 Å². The first-order chi connectivity index (χ1) is 10.0. The summed E-state index contributed by atoms with van der Waals surface area (Å²) in [5.41, 5.74) is 5.23. The molecule has 0 fully saturated rings. The van der Waals surface area contributed by atoms with E-state index in [9.17, 15) is 14.4 Å². The third-order valence-electron chi connectivity index (χ3n) is 2.97. The van der Waals surface area contributed by atoms with Gasteiger partial charge in [0.05, 0.1) is 5.56 Å². The number of nitrogens with two attached hydrogens (primary N) is 1. The van der Waals surface area contributed by atoms with Gasteiger partial charge in [0.15, 0.2) is 12.4 Å². The molecule has 0 radical (unpaired) electrons. The summed E-state index contributed by atoms with van der Waals surface area (Å²) in [4.78, 5) is 33.6. The second kappa shape index (κ2) is 6.04. The molecule has 0 aliphatic heterocycles. The lowest BCUT2D eigenvalue weighted by Gasteiger charge is -2.15. The smallest absolute Gasteiger partial charge is 0.318 e. The summed E-state index contributed by atoms with van der Waals surface area (Å²) in [6, 6.07) is 9.78. The standard InChI is InChI=1S/C15H14N2O4/c1-9(14(19)17-15(16)20)21-13-7-6-10-4-2-3-5-11(10)12(13)8-18/h2-9H,1H3,(H3,16,17,19,20)/t9-/m0/s1. The van der Waals surface area contributed by atoms with Crippen LogP contribution in [0.3, 0.4) is 0 Å². The number of fused-ring (bicyclic) bond motifs is 1. The number of carbonyl (C=O) groups excluding carboxylic acids is 3. The van der Waals surface area contributed by atoms with Crippen molar-refractivity contribution in [3.05, 3.63) is 42.0 Å². The lowest BCUT2D eigenvalue weighted by molar-refractivity contribution is -0.126. The maximum atomic E-state index is 11.6. The SMILES string of the molecule is C[C@H](Oc1ccc2ccccc2c1C=O)C(=O)NC(N)=O. The fraction of sp³-hybridized carbons (Fsp3) is 0.133. The number of amides is 3. The van der Waals surface area contributed by atoms with Crippen molar-refractivity contribution in [2.24, 2.45) is 5.73 Å². The molecule has 0 aliphatic carbocycles. The molecule has 21 heavy (non-hydrogen) atoms. The van der Waals surface area contributed by atoms with Gasteiger partial charge in [-0.1, -0.05) is 30.3 Å². The number of ether oxygens (including phenoxy) is 1. The number of primary amides is 1. The molecule has 3 N–H and O–H groups in total. The summed E-state index contributed by atoms with van der Waals surface area (Å²) in [6.45, 7) is 1.46.